The molecule has 0 aliphatic heterocycles. The van der Waals surface area contributed by atoms with Crippen LogP contribution >= 0.6 is 0 Å². The molecule has 0 amide bonds. The van der Waals surface area contributed by atoms with Gasteiger partial charge in [0.1, 0.15) is 0 Å². The molecular weight excluding hydrogens is 1150 g/mol. The maximum Gasteiger partial charge on any atom is 0 e. The second-order valence-corrected chi connectivity index (χ2v) is 7.18. The summed E-state index contributed by atoms with van der Waals surface area (Å²) in [5.41, 5.74) is 12.5. The monoisotopic (exact) mass is 1150 g/mol. The molecule has 2 N–H and O–H groups in total. The third kappa shape index (κ3) is 63.6. The number of hydrogen-bond donors (Lipinski definition) is 2. The first kappa shape index (κ1) is 65.6. The van der Waals surface area contributed by atoms with E-state index in [4.69, 9.17) is 11.1 Å². The fourth-order valence-electron chi connectivity index (χ4n) is 1.40. The van der Waals surface area contributed by atoms with Crippen LogP contribution < -0.4 is 0 Å². The maximum absolute atomic E-state index is 6.27. The first-order valence-corrected chi connectivity index (χ1v) is 16.2. The van der Waals surface area contributed by atoms with Gasteiger partial charge in [0.05, 0.1) is 0 Å². The summed E-state index contributed by atoms with van der Waals surface area (Å²) in [6.07, 6.45) is 0. The molecule has 0 spiro atoms. The molecule has 0 fully saturated rings. The average molecular weight is 1150 g/mol. The molecule has 0 aliphatic carbocycles. The predicted octanol–water partition coefficient (Wildman–Crippen LogP) is 15.3. The first-order chi connectivity index (χ1) is 40.9. The molecule has 0 unspecified atom stereocenters. The van der Waals surface area contributed by atoms with Crippen molar-refractivity contribution in [2.24, 2.45) is 418 Å². The van der Waals surface area contributed by atoms with Crippen molar-refractivity contribution in [3.8, 4) is 0 Å². The third-order valence-corrected chi connectivity index (χ3v) is 3.17. The minimum Gasteiger partial charge on any atom is -0.183 e. The Balaban J connectivity index is 4.11. The molecule has 412 valence electrons. The Kier molecular flexibility index (Phi) is 51.7. The Labute approximate surface area is 429 Å². The summed E-state index contributed by atoms with van der Waals surface area (Å²) in [7, 11) is 0. The first-order valence-electron chi connectivity index (χ1n) is 16.2. The van der Waals surface area contributed by atoms with Crippen molar-refractivity contribution < 1.29 is 0 Å². The highest BCUT2D eigenvalue weighted by atomic mass is 15.8. The normalized spacial score (nSPS) is 15.5. The second kappa shape index (κ2) is 64.6. The van der Waals surface area contributed by atoms with Crippen molar-refractivity contribution >= 4 is 0 Å². The molecule has 0 aliphatic rings. The van der Waals surface area contributed by atoms with Gasteiger partial charge in [-0.05, 0) is 83.6 Å². The second-order valence-electron chi connectivity index (χ2n) is 7.18. The highest BCUT2D eigenvalue weighted by Gasteiger charge is 1.78. The quantitative estimate of drug-likeness (QED) is 0.0427. The lowest BCUT2D eigenvalue weighted by Crippen LogP contribution is -1.52. The van der Waals surface area contributed by atoms with Crippen molar-refractivity contribution in [3.05, 3.63) is 0 Å². The number of rotatable bonds is 40. The van der Waals surface area contributed by atoms with Crippen LogP contribution in [-0.2, 0) is 0 Å². The van der Waals surface area contributed by atoms with Gasteiger partial charge < -0.3 is 0 Å². The van der Waals surface area contributed by atoms with Gasteiger partial charge in [0, 0.05) is 334 Å². The summed E-state index contributed by atoms with van der Waals surface area (Å²) >= 11 is 0. The molecule has 0 aromatic rings. The number of nitrogens with zero attached hydrogens (tertiary/aromatic N) is 80. The minimum atomic E-state index is 2.50. The van der Waals surface area contributed by atoms with Gasteiger partial charge in [0.25, 0.3) is 0 Å². The lowest BCUT2D eigenvalue weighted by atomic mass is 12.3. The Hall–Kier alpha value is -16.4. The Morgan fingerprint density at radius 3 is 0.134 bits per heavy atom. The fraction of sp³-hybridized carbons (Fsp3) is 0. The molecule has 82 heteroatoms. The van der Waals surface area contributed by atoms with Gasteiger partial charge in [0.15, 0.2) is 0 Å². The zero-order chi connectivity index (χ0) is 58.6. The molecule has 0 saturated heterocycles. The molecule has 0 heterocycles. The number of hydrogen-bond acceptors (Lipinski definition) is 2. The van der Waals surface area contributed by atoms with Crippen LogP contribution in [0.5, 0.6) is 0 Å². The van der Waals surface area contributed by atoms with Gasteiger partial charge in [-0.15, -0.1) is 0 Å². The van der Waals surface area contributed by atoms with Gasteiger partial charge in [-0.3, -0.25) is 0 Å². The van der Waals surface area contributed by atoms with E-state index >= 15 is 0 Å². The highest BCUT2D eigenvalue weighted by molar-refractivity contribution is 4.21. The van der Waals surface area contributed by atoms with Crippen LogP contribution in [0.25, 0.3) is 0 Å². The zero-order valence-electron chi connectivity index (χ0n) is 36.8. The van der Waals surface area contributed by atoms with E-state index in [1.54, 1.807) is 0 Å². The van der Waals surface area contributed by atoms with Crippen LogP contribution in [0.4, 0.5) is 0 Å². The van der Waals surface area contributed by atoms with Crippen LogP contribution in [0.1, 0.15) is 0 Å². The zero-order valence-corrected chi connectivity index (χ0v) is 36.8. The van der Waals surface area contributed by atoms with Crippen LogP contribution in [0.2, 0.25) is 0 Å². The van der Waals surface area contributed by atoms with Crippen molar-refractivity contribution in [2.45, 2.75) is 0 Å². The van der Waals surface area contributed by atoms with Crippen LogP contribution in [0.3, 0.4) is 0 Å². The summed E-state index contributed by atoms with van der Waals surface area (Å²) < 4.78 is 0. The van der Waals surface area contributed by atoms with E-state index in [0.717, 1.165) is 0 Å². The standard InChI is InChI=1S/H2N82/c1-3-5-7-9-11-13-15-17-19-21-23-25-27-29-31-33-35-37-39-41-43-45-47-49-51-53-55-57-59-61-63-65-67-69-71-73-75-77-79-81-82-80-78-76-74-72-70-68-66-64-62-60-58-56-54-52-50-48-46-44-42-40-38-36-34-32-30-28-26-24-22-20-18-16-14-12-10-8-6-4-2/h1-2H/b3-1?,4-2?,7-5+,8-6+,11-9+,12-10+,15-13+,16-14+,19-17+,20-18+,23-21+,24-22+,27-25+,28-26+,31-29+,32-30+,35-33+,36-34+,39-37+,40-38+,43-41+,44-42+,47-45+,48-46+,51-49+,52-50+,55-53+,56-54+,59-57+,60-58+,63-61+,64-62+,67-65+,68-66+,71-69+,72-70+,75-73+,76-74+,79-77+,80-78+,82-81+. The summed E-state index contributed by atoms with van der Waals surface area (Å²) in [4.78, 5) is 0. The maximum atomic E-state index is 6.27. The molecule has 0 atom stereocenters. The van der Waals surface area contributed by atoms with Gasteiger partial charge in [-0.1, -0.05) is 0 Å². The van der Waals surface area contributed by atoms with Gasteiger partial charge in [-0.2, -0.15) is 11.1 Å². The summed E-state index contributed by atoms with van der Waals surface area (Å²) in [5, 5.41) is 237. The summed E-state index contributed by atoms with van der Waals surface area (Å²) in [6, 6.07) is 0. The molecule has 82 nitrogen and oxygen atoms in total. The summed E-state index contributed by atoms with van der Waals surface area (Å²) in [5.74, 6) is 0. The molecular formula is H2N82. The number of nitrogens with one attached hydrogen (secondary N) is 2. The average Bonchev–Trinajstić information content (AvgIpc) is 3.48. The van der Waals surface area contributed by atoms with Crippen LogP contribution in [0, 0.1) is 11.1 Å². The smallest absolute Gasteiger partial charge is 0 e. The van der Waals surface area contributed by atoms with Crippen molar-refractivity contribution in [1.29, 1.82) is 11.1 Å². The lowest BCUT2D eigenvalue weighted by Gasteiger charge is -1.70. The molecule has 0 rings (SSSR count). The van der Waals surface area contributed by atoms with E-state index in [1.807, 2.05) is 0 Å². The van der Waals surface area contributed by atoms with Crippen molar-refractivity contribution in [3.63, 3.8) is 0 Å². The highest BCUT2D eigenvalue weighted by Crippen LogP contribution is 1.96. The molecule has 82 heavy (non-hydrogen) atoms. The Morgan fingerprint density at radius 2 is 0.0976 bits per heavy atom. The predicted molar refractivity (Wildman–Crippen MR) is 200 cm³/mol. The molecule has 0 aromatic carbocycles. The van der Waals surface area contributed by atoms with Gasteiger partial charge in [-0.25, -0.2) is 0 Å². The fourth-order valence-corrected chi connectivity index (χ4v) is 1.40. The van der Waals surface area contributed by atoms with E-state index in [-0.39, 0.29) is 0 Å². The third-order valence-electron chi connectivity index (χ3n) is 3.17. The van der Waals surface area contributed by atoms with E-state index < -0.39 is 0 Å². The minimum absolute atomic E-state index is 2.50. The lowest BCUT2D eigenvalue weighted by molar-refractivity contribution is 0.723. The largest absolute Gasteiger partial charge is 0.183 e. The van der Waals surface area contributed by atoms with Gasteiger partial charge >= 0.3 is 0 Å². The summed E-state index contributed by atoms with van der Waals surface area (Å²) in [6.45, 7) is 0. The van der Waals surface area contributed by atoms with E-state index in [0.29, 0.717) is 0 Å². The molecule has 0 radical (unpaired) electrons. The molecule has 0 saturated carbocycles. The van der Waals surface area contributed by atoms with Gasteiger partial charge in [0.2, 0.25) is 0 Å². The Bertz CT molecular complexity index is 2720. The van der Waals surface area contributed by atoms with Crippen LogP contribution in [-0.4, -0.2) is 0 Å². The van der Waals surface area contributed by atoms with E-state index in [1.165, 1.54) is 0 Å². The van der Waals surface area contributed by atoms with E-state index in [2.05, 4.69) is 418 Å². The Morgan fingerprint density at radius 1 is 0.0610 bits per heavy atom. The van der Waals surface area contributed by atoms with Crippen molar-refractivity contribution in [1.82, 2.24) is 0 Å². The molecule has 0 bridgehead atoms. The SMILES string of the molecule is N=N/N=N/N=N/N=N/N=N/N=N/N=N/N=N/N=N/N=N/N=N/N=N/N=N/N=N/N=N/N=N/N=N/N=N/N=N/N=N/N=N/N=N/N=N/N=N/N=N/N=N/N=N/N=N/N=N/N=N/N=N/N=N/N=N/N=N/N=N/N=N/N=N/N=N/N=N/N=N/N=N. The van der Waals surface area contributed by atoms with E-state index in [9.17, 15) is 0 Å². The van der Waals surface area contributed by atoms with Crippen LogP contribution in [0.15, 0.2) is 418 Å². The topological polar surface area (TPSA) is 1040 Å². The van der Waals surface area contributed by atoms with Crippen molar-refractivity contribution in [2.75, 3.05) is 0 Å². The molecule has 0 aromatic heterocycles.